The quantitative estimate of drug-likeness (QED) is 0.738. The van der Waals surface area contributed by atoms with Gasteiger partial charge in [-0.25, -0.2) is 9.59 Å². The summed E-state index contributed by atoms with van der Waals surface area (Å²) >= 11 is 5.72. The van der Waals surface area contributed by atoms with Crippen molar-refractivity contribution in [1.29, 1.82) is 0 Å². The first-order chi connectivity index (χ1) is 7.08. The monoisotopic (exact) mass is 226 g/mol. The molecule has 0 saturated carbocycles. The maximum atomic E-state index is 11.4. The van der Waals surface area contributed by atoms with Crippen molar-refractivity contribution in [2.45, 2.75) is 12.5 Å². The molecular weight excluding hydrogens is 220 g/mol. The zero-order chi connectivity index (χ0) is 11.0. The number of fused-ring (bicyclic) bond motifs is 1. The van der Waals surface area contributed by atoms with E-state index in [1.54, 1.807) is 12.1 Å². The molecule has 1 heterocycles. The molecule has 78 valence electrons. The lowest BCUT2D eigenvalue weighted by Crippen LogP contribution is -2.34. The molecule has 15 heavy (non-hydrogen) atoms. The van der Waals surface area contributed by atoms with E-state index in [-0.39, 0.29) is 6.42 Å². The number of hydrogen-bond donors (Lipinski definition) is 1. The van der Waals surface area contributed by atoms with Gasteiger partial charge in [-0.15, -0.1) is 0 Å². The molecule has 4 nitrogen and oxygen atoms in total. The molecule has 1 atom stereocenters. The van der Waals surface area contributed by atoms with Gasteiger partial charge in [0.05, 0.1) is 5.56 Å². The molecule has 1 aliphatic rings. The first-order valence-corrected chi connectivity index (χ1v) is 4.68. The van der Waals surface area contributed by atoms with Gasteiger partial charge in [0.15, 0.2) is 0 Å². The summed E-state index contributed by atoms with van der Waals surface area (Å²) in [5.41, 5.74) is 1.00. The average Bonchev–Trinajstić information content (AvgIpc) is 2.18. The first-order valence-electron chi connectivity index (χ1n) is 4.30. The Morgan fingerprint density at radius 1 is 1.53 bits per heavy atom. The Morgan fingerprint density at radius 3 is 2.93 bits per heavy atom. The summed E-state index contributed by atoms with van der Waals surface area (Å²) in [6.45, 7) is 0. The normalized spacial score (nSPS) is 19.3. The number of carboxylic acid groups (broad SMARTS) is 1. The summed E-state index contributed by atoms with van der Waals surface area (Å²) in [5, 5.41) is 9.16. The number of carboxylic acids is 1. The minimum atomic E-state index is -1.14. The maximum absolute atomic E-state index is 11.4. The molecule has 0 radical (unpaired) electrons. The van der Waals surface area contributed by atoms with Gasteiger partial charge in [-0.3, -0.25) is 0 Å². The lowest BCUT2D eigenvalue weighted by Gasteiger charge is -2.21. The number of benzene rings is 1. The molecule has 0 fully saturated rings. The molecule has 0 spiro atoms. The van der Waals surface area contributed by atoms with Crippen molar-refractivity contribution in [2.24, 2.45) is 0 Å². The van der Waals surface area contributed by atoms with Crippen molar-refractivity contribution < 1.29 is 19.4 Å². The second kappa shape index (κ2) is 3.55. The summed E-state index contributed by atoms with van der Waals surface area (Å²) < 4.78 is 4.73. The first kappa shape index (κ1) is 9.98. The van der Waals surface area contributed by atoms with Crippen LogP contribution in [0.4, 0.5) is 0 Å². The van der Waals surface area contributed by atoms with Crippen LogP contribution >= 0.6 is 11.6 Å². The van der Waals surface area contributed by atoms with Gasteiger partial charge in [0.2, 0.25) is 6.10 Å². The number of carbonyl (C=O) groups excluding carboxylic acids is 1. The number of esters is 1. The van der Waals surface area contributed by atoms with Gasteiger partial charge in [-0.05, 0) is 17.7 Å². The van der Waals surface area contributed by atoms with E-state index >= 15 is 0 Å². The second-order valence-corrected chi connectivity index (χ2v) is 3.67. The van der Waals surface area contributed by atoms with Crippen molar-refractivity contribution >= 4 is 23.5 Å². The summed E-state index contributed by atoms with van der Waals surface area (Å²) in [6.07, 6.45) is -0.903. The molecule has 2 rings (SSSR count). The summed E-state index contributed by atoms with van der Waals surface area (Å²) in [4.78, 5) is 22.1. The van der Waals surface area contributed by atoms with Gasteiger partial charge in [0.1, 0.15) is 0 Å². The predicted octanol–water partition coefficient (Wildman–Crippen LogP) is 1.51. The highest BCUT2D eigenvalue weighted by molar-refractivity contribution is 6.31. The van der Waals surface area contributed by atoms with Crippen LogP contribution in [0, 0.1) is 0 Å². The molecule has 0 unspecified atom stereocenters. The number of halogens is 1. The van der Waals surface area contributed by atoms with Gasteiger partial charge >= 0.3 is 11.9 Å². The average molecular weight is 227 g/mol. The van der Waals surface area contributed by atoms with E-state index in [9.17, 15) is 9.59 Å². The highest BCUT2D eigenvalue weighted by Gasteiger charge is 2.30. The topological polar surface area (TPSA) is 63.6 Å². The molecule has 1 aliphatic heterocycles. The SMILES string of the molecule is O=C1O[C@H](C(=O)O)Cc2ccc(Cl)cc21. The summed E-state index contributed by atoms with van der Waals surface area (Å²) in [7, 11) is 0. The minimum Gasteiger partial charge on any atom is -0.478 e. The standard InChI is InChI=1S/C10H7ClO4/c11-6-2-1-5-3-8(9(12)13)15-10(14)7(5)4-6/h1-2,4,8H,3H2,(H,12,13)/t8-/m0/s1. The maximum Gasteiger partial charge on any atom is 0.345 e. The van der Waals surface area contributed by atoms with Crippen LogP contribution in [-0.2, 0) is 16.0 Å². The molecule has 5 heteroatoms. The fourth-order valence-corrected chi connectivity index (χ4v) is 1.66. The van der Waals surface area contributed by atoms with Gasteiger partial charge < -0.3 is 9.84 Å². The van der Waals surface area contributed by atoms with Gasteiger partial charge in [-0.2, -0.15) is 0 Å². The van der Waals surface area contributed by atoms with Crippen molar-refractivity contribution in [2.75, 3.05) is 0 Å². The van der Waals surface area contributed by atoms with Crippen LogP contribution < -0.4 is 0 Å². The van der Waals surface area contributed by atoms with Crippen LogP contribution in [0.1, 0.15) is 15.9 Å². The Hall–Kier alpha value is -1.55. The van der Waals surface area contributed by atoms with Gasteiger partial charge in [-0.1, -0.05) is 17.7 Å². The van der Waals surface area contributed by atoms with Crippen molar-refractivity contribution in [3.05, 3.63) is 34.3 Å². The van der Waals surface area contributed by atoms with E-state index in [2.05, 4.69) is 0 Å². The molecule has 0 saturated heterocycles. The highest BCUT2D eigenvalue weighted by Crippen LogP contribution is 2.23. The Labute approximate surface area is 90.4 Å². The molecule has 1 aromatic carbocycles. The fourth-order valence-electron chi connectivity index (χ4n) is 1.49. The van der Waals surface area contributed by atoms with E-state index in [1.165, 1.54) is 6.07 Å². The largest absolute Gasteiger partial charge is 0.478 e. The molecule has 1 N–H and O–H groups in total. The van der Waals surface area contributed by atoms with E-state index in [1.807, 2.05) is 0 Å². The number of ether oxygens (including phenoxy) is 1. The lowest BCUT2D eigenvalue weighted by atomic mass is 9.99. The van der Waals surface area contributed by atoms with E-state index < -0.39 is 18.0 Å². The van der Waals surface area contributed by atoms with Gasteiger partial charge in [0, 0.05) is 11.4 Å². The van der Waals surface area contributed by atoms with E-state index in [0.717, 1.165) is 0 Å². The lowest BCUT2D eigenvalue weighted by molar-refractivity contribution is -0.147. The van der Waals surface area contributed by atoms with Gasteiger partial charge in [0.25, 0.3) is 0 Å². The van der Waals surface area contributed by atoms with Crippen LogP contribution in [0.15, 0.2) is 18.2 Å². The molecule has 0 amide bonds. The van der Waals surface area contributed by atoms with Crippen molar-refractivity contribution in [3.63, 3.8) is 0 Å². The zero-order valence-electron chi connectivity index (χ0n) is 7.57. The van der Waals surface area contributed by atoms with Crippen LogP contribution in [0.2, 0.25) is 5.02 Å². The minimum absolute atomic E-state index is 0.188. The molecule has 0 aliphatic carbocycles. The van der Waals surface area contributed by atoms with Crippen LogP contribution in [0.3, 0.4) is 0 Å². The fraction of sp³-hybridized carbons (Fsp3) is 0.200. The predicted molar refractivity (Wildman–Crippen MR) is 52.0 cm³/mol. The Morgan fingerprint density at radius 2 is 2.27 bits per heavy atom. The van der Waals surface area contributed by atoms with Crippen LogP contribution in [0.25, 0.3) is 0 Å². The molecule has 0 aromatic heterocycles. The molecule has 1 aromatic rings. The highest BCUT2D eigenvalue weighted by atomic mass is 35.5. The zero-order valence-corrected chi connectivity index (χ0v) is 8.32. The smallest absolute Gasteiger partial charge is 0.345 e. The van der Waals surface area contributed by atoms with E-state index in [4.69, 9.17) is 21.4 Å². The number of carbonyl (C=O) groups is 2. The second-order valence-electron chi connectivity index (χ2n) is 3.24. The van der Waals surface area contributed by atoms with Crippen molar-refractivity contribution in [1.82, 2.24) is 0 Å². The third kappa shape index (κ3) is 1.80. The third-order valence-electron chi connectivity index (χ3n) is 2.22. The number of aliphatic carboxylic acids is 1. The van der Waals surface area contributed by atoms with Crippen LogP contribution in [0.5, 0.6) is 0 Å². The Kier molecular flexibility index (Phi) is 2.36. The van der Waals surface area contributed by atoms with Crippen molar-refractivity contribution in [3.8, 4) is 0 Å². The molecule has 0 bridgehead atoms. The summed E-state index contributed by atoms with van der Waals surface area (Å²) in [6, 6.07) is 4.75. The third-order valence-corrected chi connectivity index (χ3v) is 2.46. The summed E-state index contributed by atoms with van der Waals surface area (Å²) in [5.74, 6) is -1.77. The number of cyclic esters (lactones) is 1. The molecular formula is C10H7ClO4. The number of rotatable bonds is 1. The number of hydrogen-bond acceptors (Lipinski definition) is 3. The Balaban J connectivity index is 2.41. The van der Waals surface area contributed by atoms with E-state index in [0.29, 0.717) is 16.1 Å². The Bertz CT molecular complexity index is 441. The van der Waals surface area contributed by atoms with Crippen LogP contribution in [-0.4, -0.2) is 23.1 Å².